The van der Waals surface area contributed by atoms with Crippen molar-refractivity contribution in [3.05, 3.63) is 71.8 Å². The number of para-hydroxylation sites is 2. The monoisotopic (exact) mass is 404 g/mol. The zero-order valence-electron chi connectivity index (χ0n) is 16.9. The molecule has 0 heterocycles. The van der Waals surface area contributed by atoms with E-state index in [2.05, 4.69) is 9.98 Å². The highest BCUT2D eigenvalue weighted by atomic mass is 16.5. The predicted molar refractivity (Wildman–Crippen MR) is 120 cm³/mol. The Bertz CT molecular complexity index is 976. The molecule has 0 atom stereocenters. The zero-order chi connectivity index (χ0) is 21.3. The van der Waals surface area contributed by atoms with E-state index < -0.39 is 0 Å². The van der Waals surface area contributed by atoms with Gasteiger partial charge in [0.25, 0.3) is 0 Å². The average molecular weight is 404 g/mol. The lowest BCUT2D eigenvalue weighted by molar-refractivity contribution is 0.318. The number of hydrogen-bond donors (Lipinski definition) is 2. The maximum absolute atomic E-state index is 9.83. The molecule has 0 aromatic heterocycles. The molecule has 0 aliphatic heterocycles. The number of phenolic OH excluding ortho intramolecular Hbond substituents is 2. The molecule has 3 aromatic rings. The van der Waals surface area contributed by atoms with Gasteiger partial charge in [0.15, 0.2) is 23.0 Å². The quantitative estimate of drug-likeness (QED) is 0.493. The number of benzene rings is 3. The first-order chi connectivity index (χ1) is 14.6. The molecule has 0 aliphatic carbocycles. The van der Waals surface area contributed by atoms with Crippen LogP contribution in [-0.2, 0) is 0 Å². The first kappa shape index (κ1) is 20.9. The van der Waals surface area contributed by atoms with Crippen LogP contribution in [0.25, 0.3) is 0 Å². The molecule has 0 saturated carbocycles. The Morgan fingerprint density at radius 3 is 1.53 bits per heavy atom. The summed E-state index contributed by atoms with van der Waals surface area (Å²) in [5.74, 6) is 1.04. The van der Waals surface area contributed by atoms with Crippen LogP contribution in [0.4, 0.5) is 11.4 Å². The Kier molecular flexibility index (Phi) is 7.05. The van der Waals surface area contributed by atoms with Gasteiger partial charge in [0.2, 0.25) is 0 Å². The van der Waals surface area contributed by atoms with Gasteiger partial charge in [0.1, 0.15) is 0 Å². The third-order valence-electron chi connectivity index (χ3n) is 4.15. The first-order valence-electron chi connectivity index (χ1n) is 9.69. The third-order valence-corrected chi connectivity index (χ3v) is 4.15. The molecule has 0 spiro atoms. The molecular formula is C24H24N2O4. The van der Waals surface area contributed by atoms with Crippen LogP contribution in [0.3, 0.4) is 0 Å². The molecule has 30 heavy (non-hydrogen) atoms. The lowest BCUT2D eigenvalue weighted by Gasteiger charge is -2.06. The first-order valence-corrected chi connectivity index (χ1v) is 9.69. The second-order valence-electron chi connectivity index (χ2n) is 6.33. The SMILES string of the molecule is CCOc1cc(C=Nc2ccccc2N=Cc2ccc(O)c(OCC)c2)ccc1O. The second-order valence-corrected chi connectivity index (χ2v) is 6.33. The largest absolute Gasteiger partial charge is 0.504 e. The highest BCUT2D eigenvalue weighted by Crippen LogP contribution is 2.30. The Morgan fingerprint density at radius 1 is 0.700 bits per heavy atom. The van der Waals surface area contributed by atoms with Crippen LogP contribution in [-0.4, -0.2) is 35.9 Å². The minimum atomic E-state index is 0.0966. The van der Waals surface area contributed by atoms with E-state index >= 15 is 0 Å². The fraction of sp³-hybridized carbons (Fsp3) is 0.167. The molecule has 0 amide bonds. The van der Waals surface area contributed by atoms with Crippen LogP contribution in [0.2, 0.25) is 0 Å². The normalized spacial score (nSPS) is 11.3. The molecule has 0 bridgehead atoms. The van der Waals surface area contributed by atoms with Gasteiger partial charge in [-0.25, -0.2) is 0 Å². The Labute approximate surface area is 175 Å². The summed E-state index contributed by atoms with van der Waals surface area (Å²) in [5.41, 5.74) is 3.00. The summed E-state index contributed by atoms with van der Waals surface area (Å²) < 4.78 is 10.8. The highest BCUT2D eigenvalue weighted by Gasteiger charge is 2.04. The molecule has 0 fully saturated rings. The third kappa shape index (κ3) is 5.38. The number of phenols is 2. The van der Waals surface area contributed by atoms with E-state index in [9.17, 15) is 10.2 Å². The molecule has 3 aromatic carbocycles. The number of rotatable bonds is 8. The fourth-order valence-corrected chi connectivity index (χ4v) is 2.73. The Hall–Kier alpha value is -3.80. The minimum Gasteiger partial charge on any atom is -0.504 e. The summed E-state index contributed by atoms with van der Waals surface area (Å²) in [6, 6.07) is 17.7. The van der Waals surface area contributed by atoms with E-state index in [1.807, 2.05) is 38.1 Å². The Morgan fingerprint density at radius 2 is 1.13 bits per heavy atom. The van der Waals surface area contributed by atoms with Crippen molar-refractivity contribution in [3.63, 3.8) is 0 Å². The summed E-state index contributed by atoms with van der Waals surface area (Å²) in [4.78, 5) is 9.08. The van der Waals surface area contributed by atoms with Gasteiger partial charge < -0.3 is 19.7 Å². The van der Waals surface area contributed by atoms with Gasteiger partial charge in [-0.15, -0.1) is 0 Å². The van der Waals surface area contributed by atoms with Crippen molar-refractivity contribution < 1.29 is 19.7 Å². The van der Waals surface area contributed by atoms with Crippen LogP contribution in [0.5, 0.6) is 23.0 Å². The standard InChI is InChI=1S/C24H24N2O4/c1-3-29-23-13-17(9-11-21(23)27)15-25-19-7-5-6-8-20(19)26-16-18-10-12-22(28)24(14-18)30-4-2/h5-16,27-28H,3-4H2,1-2H3. The summed E-state index contributed by atoms with van der Waals surface area (Å²) in [5, 5.41) is 19.7. The van der Waals surface area contributed by atoms with Crippen molar-refractivity contribution in [3.8, 4) is 23.0 Å². The maximum Gasteiger partial charge on any atom is 0.161 e. The molecule has 0 radical (unpaired) electrons. The van der Waals surface area contributed by atoms with Gasteiger partial charge in [0, 0.05) is 12.4 Å². The van der Waals surface area contributed by atoms with Crippen molar-refractivity contribution in [2.75, 3.05) is 13.2 Å². The van der Waals surface area contributed by atoms with Crippen LogP contribution in [0.15, 0.2) is 70.6 Å². The van der Waals surface area contributed by atoms with Crippen molar-refractivity contribution in [2.45, 2.75) is 13.8 Å². The van der Waals surface area contributed by atoms with Crippen LogP contribution < -0.4 is 9.47 Å². The van der Waals surface area contributed by atoms with E-state index in [0.29, 0.717) is 36.1 Å². The van der Waals surface area contributed by atoms with Crippen molar-refractivity contribution in [1.82, 2.24) is 0 Å². The molecule has 0 aliphatic rings. The molecule has 2 N–H and O–H groups in total. The number of hydrogen-bond acceptors (Lipinski definition) is 6. The highest BCUT2D eigenvalue weighted by molar-refractivity contribution is 5.87. The van der Waals surface area contributed by atoms with E-state index in [0.717, 1.165) is 11.1 Å². The smallest absolute Gasteiger partial charge is 0.161 e. The number of ether oxygens (including phenoxy) is 2. The Balaban J connectivity index is 1.83. The molecule has 0 saturated heterocycles. The van der Waals surface area contributed by atoms with Gasteiger partial charge in [-0.05, 0) is 73.5 Å². The number of aromatic hydroxyl groups is 2. The van der Waals surface area contributed by atoms with Crippen LogP contribution in [0, 0.1) is 0 Å². The van der Waals surface area contributed by atoms with Gasteiger partial charge in [-0.1, -0.05) is 12.1 Å². The average Bonchev–Trinajstić information content (AvgIpc) is 2.75. The zero-order valence-corrected chi connectivity index (χ0v) is 16.9. The lowest BCUT2D eigenvalue weighted by atomic mass is 10.2. The van der Waals surface area contributed by atoms with E-state index in [4.69, 9.17) is 9.47 Å². The van der Waals surface area contributed by atoms with E-state index in [1.165, 1.54) is 0 Å². The van der Waals surface area contributed by atoms with Gasteiger partial charge >= 0.3 is 0 Å². The summed E-state index contributed by atoms with van der Waals surface area (Å²) in [6.45, 7) is 4.65. The van der Waals surface area contributed by atoms with E-state index in [-0.39, 0.29) is 11.5 Å². The van der Waals surface area contributed by atoms with Crippen LogP contribution in [0.1, 0.15) is 25.0 Å². The molecule has 154 valence electrons. The molecule has 3 rings (SSSR count). The predicted octanol–water partition coefficient (Wildman–Crippen LogP) is 5.40. The van der Waals surface area contributed by atoms with Crippen molar-refractivity contribution in [2.24, 2.45) is 9.98 Å². The van der Waals surface area contributed by atoms with Crippen molar-refractivity contribution in [1.29, 1.82) is 0 Å². The molecule has 6 heteroatoms. The molecule has 6 nitrogen and oxygen atoms in total. The van der Waals surface area contributed by atoms with Gasteiger partial charge in [-0.2, -0.15) is 0 Å². The summed E-state index contributed by atoms with van der Waals surface area (Å²) in [6.07, 6.45) is 3.40. The molecule has 0 unspecified atom stereocenters. The summed E-state index contributed by atoms with van der Waals surface area (Å²) in [7, 11) is 0. The maximum atomic E-state index is 9.83. The topological polar surface area (TPSA) is 83.6 Å². The van der Waals surface area contributed by atoms with Gasteiger partial charge in [-0.3, -0.25) is 9.98 Å². The minimum absolute atomic E-state index is 0.0966. The number of nitrogens with zero attached hydrogens (tertiary/aromatic N) is 2. The van der Waals surface area contributed by atoms with Crippen molar-refractivity contribution >= 4 is 23.8 Å². The van der Waals surface area contributed by atoms with Gasteiger partial charge in [0.05, 0.1) is 24.6 Å². The second kappa shape index (κ2) is 10.1. The van der Waals surface area contributed by atoms with E-state index in [1.54, 1.807) is 48.8 Å². The summed E-state index contributed by atoms with van der Waals surface area (Å²) >= 11 is 0. The lowest BCUT2D eigenvalue weighted by Crippen LogP contribution is -1.93. The molecular weight excluding hydrogens is 380 g/mol. The fourth-order valence-electron chi connectivity index (χ4n) is 2.73. The van der Waals surface area contributed by atoms with Crippen LogP contribution >= 0.6 is 0 Å². The number of aliphatic imine (C=N–C) groups is 2.